The van der Waals surface area contributed by atoms with Crippen LogP contribution in [0.25, 0.3) is 0 Å². The number of anilines is 1. The lowest BCUT2D eigenvalue weighted by Crippen LogP contribution is -2.30. The second kappa shape index (κ2) is 9.58. The third-order valence-corrected chi connectivity index (χ3v) is 2.71. The van der Waals surface area contributed by atoms with Crippen molar-refractivity contribution in [3.05, 3.63) is 18.3 Å². The predicted octanol–water partition coefficient (Wildman–Crippen LogP) is 1.67. The van der Waals surface area contributed by atoms with Crippen LogP contribution in [-0.4, -0.2) is 44.9 Å². The van der Waals surface area contributed by atoms with Gasteiger partial charge in [0.2, 0.25) is 0 Å². The largest absolute Gasteiger partial charge is 0.490 e. The third kappa shape index (κ3) is 5.44. The van der Waals surface area contributed by atoms with Gasteiger partial charge in [0.05, 0.1) is 13.2 Å². The number of methoxy groups -OCH3 is 1. The van der Waals surface area contributed by atoms with Gasteiger partial charge in [-0.25, -0.2) is 4.98 Å². The summed E-state index contributed by atoms with van der Waals surface area (Å²) in [5.41, 5.74) is 5.59. The van der Waals surface area contributed by atoms with Crippen molar-refractivity contribution >= 4 is 5.82 Å². The zero-order valence-electron chi connectivity index (χ0n) is 12.0. The quantitative estimate of drug-likeness (QED) is 0.699. The van der Waals surface area contributed by atoms with E-state index in [9.17, 15) is 0 Å². The minimum atomic E-state index is 0.661. The first kappa shape index (κ1) is 15.7. The molecule has 1 aromatic rings. The number of rotatable bonds is 10. The normalized spacial score (nSPS) is 10.5. The van der Waals surface area contributed by atoms with Gasteiger partial charge in [0, 0.05) is 26.4 Å². The number of nitrogens with zero attached hydrogens (tertiary/aromatic N) is 2. The fraction of sp³-hybridized carbons (Fsp3) is 0.643. The molecule has 1 rings (SSSR count). The summed E-state index contributed by atoms with van der Waals surface area (Å²) in [6.45, 7) is 5.77. The zero-order valence-corrected chi connectivity index (χ0v) is 12.0. The van der Waals surface area contributed by atoms with Gasteiger partial charge in [-0.05, 0) is 31.5 Å². The maximum absolute atomic E-state index is 5.75. The lowest BCUT2D eigenvalue weighted by atomic mass is 10.3. The monoisotopic (exact) mass is 267 g/mol. The molecule has 19 heavy (non-hydrogen) atoms. The highest BCUT2D eigenvalue weighted by Crippen LogP contribution is 2.25. The van der Waals surface area contributed by atoms with Crippen molar-refractivity contribution in [2.45, 2.75) is 19.8 Å². The van der Waals surface area contributed by atoms with Crippen molar-refractivity contribution in [3.8, 4) is 5.75 Å². The van der Waals surface area contributed by atoms with E-state index in [1.54, 1.807) is 13.3 Å². The van der Waals surface area contributed by atoms with Crippen molar-refractivity contribution in [2.24, 2.45) is 5.73 Å². The summed E-state index contributed by atoms with van der Waals surface area (Å²) in [6.07, 6.45) is 3.69. The summed E-state index contributed by atoms with van der Waals surface area (Å²) in [5, 5.41) is 0. The molecule has 0 radical (unpaired) electrons. The Morgan fingerprint density at radius 3 is 2.84 bits per heavy atom. The van der Waals surface area contributed by atoms with E-state index in [0.717, 1.165) is 37.5 Å². The molecule has 2 N–H and O–H groups in total. The number of pyridine rings is 1. The van der Waals surface area contributed by atoms with Crippen LogP contribution in [0.3, 0.4) is 0 Å². The van der Waals surface area contributed by atoms with Crippen molar-refractivity contribution in [2.75, 3.05) is 44.9 Å². The van der Waals surface area contributed by atoms with Crippen molar-refractivity contribution in [3.63, 3.8) is 0 Å². The van der Waals surface area contributed by atoms with E-state index >= 15 is 0 Å². The van der Waals surface area contributed by atoms with Crippen LogP contribution in [0.4, 0.5) is 5.82 Å². The second-order valence-corrected chi connectivity index (χ2v) is 4.30. The number of aromatic nitrogens is 1. The van der Waals surface area contributed by atoms with E-state index in [-0.39, 0.29) is 0 Å². The summed E-state index contributed by atoms with van der Waals surface area (Å²) < 4.78 is 10.9. The third-order valence-electron chi connectivity index (χ3n) is 2.71. The second-order valence-electron chi connectivity index (χ2n) is 4.30. The molecule has 108 valence electrons. The Kier molecular flexibility index (Phi) is 7.93. The van der Waals surface area contributed by atoms with Gasteiger partial charge in [-0.2, -0.15) is 0 Å². The van der Waals surface area contributed by atoms with Gasteiger partial charge < -0.3 is 20.1 Å². The average Bonchev–Trinajstić information content (AvgIpc) is 2.46. The van der Waals surface area contributed by atoms with Crippen LogP contribution < -0.4 is 15.4 Å². The highest BCUT2D eigenvalue weighted by molar-refractivity contribution is 5.52. The Hall–Kier alpha value is -1.33. The van der Waals surface area contributed by atoms with E-state index < -0.39 is 0 Å². The predicted molar refractivity (Wildman–Crippen MR) is 77.8 cm³/mol. The zero-order chi connectivity index (χ0) is 13.9. The van der Waals surface area contributed by atoms with Gasteiger partial charge in [0.25, 0.3) is 0 Å². The summed E-state index contributed by atoms with van der Waals surface area (Å²) in [5.74, 6) is 1.71. The molecular formula is C14H25N3O2. The van der Waals surface area contributed by atoms with Crippen LogP contribution in [0, 0.1) is 0 Å². The molecule has 0 spiro atoms. The molecule has 0 aliphatic carbocycles. The molecular weight excluding hydrogens is 242 g/mol. The van der Waals surface area contributed by atoms with Gasteiger partial charge in [-0.15, -0.1) is 0 Å². The number of hydrogen-bond donors (Lipinski definition) is 1. The summed E-state index contributed by atoms with van der Waals surface area (Å²) in [7, 11) is 1.70. The minimum absolute atomic E-state index is 0.661. The fourth-order valence-corrected chi connectivity index (χ4v) is 1.75. The minimum Gasteiger partial charge on any atom is -0.490 e. The van der Waals surface area contributed by atoms with Crippen LogP contribution >= 0.6 is 0 Å². The standard InChI is InChI=1S/C14H25N3O2/c1-3-11-19-13-6-4-8-16-14(13)17(9-5-7-15)10-12-18-2/h4,6,8H,3,5,7,9-12,15H2,1-2H3. The molecule has 0 atom stereocenters. The molecule has 0 aromatic carbocycles. The molecule has 0 aliphatic rings. The van der Waals surface area contributed by atoms with E-state index in [4.69, 9.17) is 15.2 Å². The molecule has 1 heterocycles. The molecule has 5 nitrogen and oxygen atoms in total. The maximum Gasteiger partial charge on any atom is 0.171 e. The first-order chi connectivity index (χ1) is 9.33. The number of nitrogens with two attached hydrogens (primary N) is 1. The molecule has 0 saturated heterocycles. The molecule has 0 saturated carbocycles. The van der Waals surface area contributed by atoms with Crippen molar-refractivity contribution in [1.82, 2.24) is 4.98 Å². The van der Waals surface area contributed by atoms with Crippen LogP contribution in [0.1, 0.15) is 19.8 Å². The summed E-state index contributed by atoms with van der Waals surface area (Å²) in [6, 6.07) is 3.85. The SMILES string of the molecule is CCCOc1cccnc1N(CCCN)CCOC. The van der Waals surface area contributed by atoms with E-state index in [1.165, 1.54) is 0 Å². The van der Waals surface area contributed by atoms with Crippen molar-refractivity contribution in [1.29, 1.82) is 0 Å². The Labute approximate surface area is 115 Å². The molecule has 0 fully saturated rings. The molecule has 5 heteroatoms. The average molecular weight is 267 g/mol. The first-order valence-corrected chi connectivity index (χ1v) is 6.85. The topological polar surface area (TPSA) is 60.6 Å². The lowest BCUT2D eigenvalue weighted by Gasteiger charge is -2.25. The molecule has 1 aromatic heterocycles. The summed E-state index contributed by atoms with van der Waals surface area (Å²) in [4.78, 5) is 6.61. The van der Waals surface area contributed by atoms with Crippen LogP contribution in [-0.2, 0) is 4.74 Å². The molecule has 0 amide bonds. The molecule has 0 aliphatic heterocycles. The van der Waals surface area contributed by atoms with Gasteiger partial charge in [0.15, 0.2) is 11.6 Å². The van der Waals surface area contributed by atoms with Crippen molar-refractivity contribution < 1.29 is 9.47 Å². The van der Waals surface area contributed by atoms with Crippen LogP contribution in [0.2, 0.25) is 0 Å². The first-order valence-electron chi connectivity index (χ1n) is 6.85. The van der Waals surface area contributed by atoms with Gasteiger partial charge in [-0.3, -0.25) is 0 Å². The number of hydrogen-bond acceptors (Lipinski definition) is 5. The molecule has 0 unspecified atom stereocenters. The smallest absolute Gasteiger partial charge is 0.171 e. The Morgan fingerprint density at radius 2 is 2.16 bits per heavy atom. The van der Waals surface area contributed by atoms with E-state index in [0.29, 0.717) is 19.8 Å². The fourth-order valence-electron chi connectivity index (χ4n) is 1.75. The highest BCUT2D eigenvalue weighted by atomic mass is 16.5. The van der Waals surface area contributed by atoms with Crippen LogP contribution in [0.5, 0.6) is 5.75 Å². The van der Waals surface area contributed by atoms with Crippen LogP contribution in [0.15, 0.2) is 18.3 Å². The van der Waals surface area contributed by atoms with E-state index in [1.807, 2.05) is 12.1 Å². The Morgan fingerprint density at radius 1 is 1.32 bits per heavy atom. The maximum atomic E-state index is 5.75. The van der Waals surface area contributed by atoms with Gasteiger partial charge >= 0.3 is 0 Å². The van der Waals surface area contributed by atoms with Gasteiger partial charge in [0.1, 0.15) is 0 Å². The lowest BCUT2D eigenvalue weighted by molar-refractivity contribution is 0.204. The van der Waals surface area contributed by atoms with E-state index in [2.05, 4.69) is 16.8 Å². The summed E-state index contributed by atoms with van der Waals surface area (Å²) >= 11 is 0. The Balaban J connectivity index is 2.79. The Bertz CT molecular complexity index is 339. The highest BCUT2D eigenvalue weighted by Gasteiger charge is 2.13. The van der Waals surface area contributed by atoms with Gasteiger partial charge in [-0.1, -0.05) is 6.92 Å². The molecule has 0 bridgehead atoms. The number of ether oxygens (including phenoxy) is 2.